The Morgan fingerprint density at radius 2 is 1.83 bits per heavy atom. The summed E-state index contributed by atoms with van der Waals surface area (Å²) in [6, 6.07) is 14.4. The highest BCUT2D eigenvalue weighted by atomic mass is 35.5. The van der Waals surface area contributed by atoms with E-state index in [0.717, 1.165) is 11.1 Å². The van der Waals surface area contributed by atoms with Crippen LogP contribution in [0.25, 0.3) is 0 Å². The molecule has 1 N–H and O–H groups in total. The van der Waals surface area contributed by atoms with E-state index in [-0.39, 0.29) is 24.3 Å². The van der Waals surface area contributed by atoms with Crippen molar-refractivity contribution in [3.05, 3.63) is 64.7 Å². The van der Waals surface area contributed by atoms with Crippen molar-refractivity contribution in [2.75, 3.05) is 7.11 Å². The number of nitrogens with one attached hydrogen (secondary N) is 1. The summed E-state index contributed by atoms with van der Waals surface area (Å²) in [5.74, 6) is 0.443. The highest BCUT2D eigenvalue weighted by molar-refractivity contribution is 6.31. The van der Waals surface area contributed by atoms with Crippen LogP contribution >= 0.6 is 11.6 Å². The van der Waals surface area contributed by atoms with E-state index < -0.39 is 6.04 Å². The fraction of sp³-hybridized carbons (Fsp3) is 0.391. The van der Waals surface area contributed by atoms with Gasteiger partial charge in [-0.25, -0.2) is 0 Å². The molecule has 2 amide bonds. The van der Waals surface area contributed by atoms with Crippen LogP contribution in [0.3, 0.4) is 0 Å². The molecule has 0 aliphatic carbocycles. The monoisotopic (exact) mass is 416 g/mol. The summed E-state index contributed by atoms with van der Waals surface area (Å²) < 4.78 is 5.28. The molecule has 156 valence electrons. The lowest BCUT2D eigenvalue weighted by molar-refractivity contribution is -0.140. The van der Waals surface area contributed by atoms with Crippen molar-refractivity contribution in [1.29, 1.82) is 0 Å². The highest BCUT2D eigenvalue weighted by Crippen LogP contribution is 2.20. The summed E-state index contributed by atoms with van der Waals surface area (Å²) in [6.07, 6.45) is 0.790. The number of hydrogen-bond donors (Lipinski definition) is 1. The number of methoxy groups -OCH3 is 1. The van der Waals surface area contributed by atoms with Crippen molar-refractivity contribution in [2.45, 2.75) is 52.2 Å². The maximum atomic E-state index is 13.1. The Bertz CT molecular complexity index is 838. The van der Waals surface area contributed by atoms with E-state index in [1.165, 1.54) is 0 Å². The molecule has 0 saturated heterocycles. The Hall–Kier alpha value is -2.53. The molecular formula is C23H29ClN2O3. The maximum Gasteiger partial charge on any atom is 0.242 e. The number of rotatable bonds is 9. The topological polar surface area (TPSA) is 58.6 Å². The first kappa shape index (κ1) is 22.8. The van der Waals surface area contributed by atoms with Crippen molar-refractivity contribution < 1.29 is 14.3 Å². The number of benzene rings is 2. The van der Waals surface area contributed by atoms with Crippen molar-refractivity contribution in [1.82, 2.24) is 10.2 Å². The third kappa shape index (κ3) is 6.79. The van der Waals surface area contributed by atoms with E-state index in [1.807, 2.05) is 62.4 Å². The van der Waals surface area contributed by atoms with E-state index in [2.05, 4.69) is 5.32 Å². The van der Waals surface area contributed by atoms with Gasteiger partial charge in [0.2, 0.25) is 11.8 Å². The molecular weight excluding hydrogens is 388 g/mol. The van der Waals surface area contributed by atoms with E-state index in [4.69, 9.17) is 16.3 Å². The standard InChI is InChI=1S/C23H29ClN2O3/c1-16(2)25-23(28)17(3)26(15-18-8-7-10-20(14-18)29-4)22(27)13-12-19-9-5-6-11-21(19)24/h5-11,14,16-17H,12-13,15H2,1-4H3,(H,25,28)/t17-/m1/s1. The Balaban J connectivity index is 2.19. The fourth-order valence-corrected chi connectivity index (χ4v) is 3.27. The zero-order valence-corrected chi connectivity index (χ0v) is 18.2. The first-order chi connectivity index (χ1) is 13.8. The summed E-state index contributed by atoms with van der Waals surface area (Å²) in [5, 5.41) is 3.53. The first-order valence-corrected chi connectivity index (χ1v) is 10.2. The van der Waals surface area contributed by atoms with Crippen LogP contribution < -0.4 is 10.1 Å². The van der Waals surface area contributed by atoms with E-state index >= 15 is 0 Å². The predicted octanol–water partition coefficient (Wildman–Crippen LogP) is 4.22. The molecule has 0 saturated carbocycles. The molecule has 0 radical (unpaired) electrons. The largest absolute Gasteiger partial charge is 0.497 e. The molecule has 0 heterocycles. The zero-order valence-electron chi connectivity index (χ0n) is 17.4. The van der Waals surface area contributed by atoms with Gasteiger partial charge in [0, 0.05) is 24.0 Å². The molecule has 1 atom stereocenters. The van der Waals surface area contributed by atoms with Gasteiger partial charge in [-0.3, -0.25) is 9.59 Å². The Morgan fingerprint density at radius 1 is 1.10 bits per heavy atom. The van der Waals surface area contributed by atoms with Crippen LogP contribution in [0.5, 0.6) is 5.75 Å². The lowest BCUT2D eigenvalue weighted by Crippen LogP contribution is -2.49. The number of amides is 2. The molecule has 29 heavy (non-hydrogen) atoms. The number of carbonyl (C=O) groups is 2. The Kier molecular flexibility index (Phi) is 8.52. The summed E-state index contributed by atoms with van der Waals surface area (Å²) in [5.41, 5.74) is 1.82. The van der Waals surface area contributed by atoms with Gasteiger partial charge >= 0.3 is 0 Å². The summed E-state index contributed by atoms with van der Waals surface area (Å²) in [7, 11) is 1.60. The third-order valence-electron chi connectivity index (χ3n) is 4.65. The number of aryl methyl sites for hydroxylation is 1. The second-order valence-electron chi connectivity index (χ2n) is 7.30. The molecule has 2 rings (SSSR count). The van der Waals surface area contributed by atoms with Crippen LogP contribution in [0.15, 0.2) is 48.5 Å². The molecule has 0 fully saturated rings. The number of carbonyl (C=O) groups excluding carboxylic acids is 2. The van der Waals surface area contributed by atoms with Crippen molar-refractivity contribution in [2.24, 2.45) is 0 Å². The van der Waals surface area contributed by atoms with Crippen molar-refractivity contribution >= 4 is 23.4 Å². The summed E-state index contributed by atoms with van der Waals surface area (Å²) >= 11 is 6.22. The lowest BCUT2D eigenvalue weighted by Gasteiger charge is -2.29. The van der Waals surface area contributed by atoms with Gasteiger partial charge in [0.1, 0.15) is 11.8 Å². The number of halogens is 1. The fourth-order valence-electron chi connectivity index (χ4n) is 3.04. The number of ether oxygens (including phenoxy) is 1. The van der Waals surface area contributed by atoms with E-state index in [1.54, 1.807) is 18.9 Å². The van der Waals surface area contributed by atoms with Crippen LogP contribution in [0.2, 0.25) is 5.02 Å². The van der Waals surface area contributed by atoms with Crippen LogP contribution in [-0.4, -0.2) is 35.9 Å². The molecule has 2 aromatic rings. The average Bonchev–Trinajstić information content (AvgIpc) is 2.70. The second kappa shape index (κ2) is 10.9. The first-order valence-electron chi connectivity index (χ1n) is 9.78. The summed E-state index contributed by atoms with van der Waals surface area (Å²) in [6.45, 7) is 5.88. The van der Waals surface area contributed by atoms with Gasteiger partial charge in [-0.2, -0.15) is 0 Å². The van der Waals surface area contributed by atoms with E-state index in [0.29, 0.717) is 23.7 Å². The summed E-state index contributed by atoms with van der Waals surface area (Å²) in [4.78, 5) is 27.3. The Morgan fingerprint density at radius 3 is 2.48 bits per heavy atom. The van der Waals surface area contributed by atoms with Crippen LogP contribution in [0.1, 0.15) is 38.3 Å². The second-order valence-corrected chi connectivity index (χ2v) is 7.71. The van der Waals surface area contributed by atoms with Gasteiger partial charge in [0.05, 0.1) is 7.11 Å². The average molecular weight is 417 g/mol. The lowest BCUT2D eigenvalue weighted by atomic mass is 10.1. The highest BCUT2D eigenvalue weighted by Gasteiger charge is 2.26. The zero-order chi connectivity index (χ0) is 21.4. The third-order valence-corrected chi connectivity index (χ3v) is 5.02. The molecule has 0 spiro atoms. The van der Waals surface area contributed by atoms with Gasteiger partial charge in [0.15, 0.2) is 0 Å². The molecule has 6 heteroatoms. The van der Waals surface area contributed by atoms with Crippen LogP contribution in [0, 0.1) is 0 Å². The van der Waals surface area contributed by atoms with Gasteiger partial charge < -0.3 is 15.0 Å². The molecule has 5 nitrogen and oxygen atoms in total. The molecule has 0 aromatic heterocycles. The number of hydrogen-bond acceptors (Lipinski definition) is 3. The molecule has 0 unspecified atom stereocenters. The van der Waals surface area contributed by atoms with Gasteiger partial charge in [-0.05, 0) is 56.5 Å². The quantitative estimate of drug-likeness (QED) is 0.665. The van der Waals surface area contributed by atoms with Crippen LogP contribution in [-0.2, 0) is 22.6 Å². The van der Waals surface area contributed by atoms with Crippen molar-refractivity contribution in [3.63, 3.8) is 0 Å². The molecule has 2 aromatic carbocycles. The minimum absolute atomic E-state index is 0.00171. The normalized spacial score (nSPS) is 11.8. The minimum Gasteiger partial charge on any atom is -0.497 e. The van der Waals surface area contributed by atoms with Gasteiger partial charge in [-0.1, -0.05) is 41.9 Å². The van der Waals surface area contributed by atoms with E-state index in [9.17, 15) is 9.59 Å². The Labute approximate surface area is 178 Å². The predicted molar refractivity (Wildman–Crippen MR) is 116 cm³/mol. The van der Waals surface area contributed by atoms with Crippen LogP contribution in [0.4, 0.5) is 0 Å². The SMILES string of the molecule is COc1cccc(CN(C(=O)CCc2ccccc2Cl)[C@H](C)C(=O)NC(C)C)c1. The number of nitrogens with zero attached hydrogens (tertiary/aromatic N) is 1. The smallest absolute Gasteiger partial charge is 0.242 e. The molecule has 0 aliphatic rings. The molecule has 0 bridgehead atoms. The van der Waals surface area contributed by atoms with Gasteiger partial charge in [0.25, 0.3) is 0 Å². The molecule has 0 aliphatic heterocycles. The van der Waals surface area contributed by atoms with Crippen molar-refractivity contribution in [3.8, 4) is 5.75 Å². The minimum atomic E-state index is -0.595. The van der Waals surface area contributed by atoms with Gasteiger partial charge in [-0.15, -0.1) is 0 Å². The maximum absolute atomic E-state index is 13.1.